The highest BCUT2D eigenvalue weighted by molar-refractivity contribution is 6.31. The van der Waals surface area contributed by atoms with Gasteiger partial charge in [0.05, 0.1) is 0 Å². The summed E-state index contributed by atoms with van der Waals surface area (Å²) in [7, 11) is 0. The molecule has 0 heterocycles. The first-order valence-corrected chi connectivity index (χ1v) is 3.87. The average molecular weight is 154 g/mol. The zero-order valence-corrected chi connectivity index (χ0v) is 6.78. The van der Waals surface area contributed by atoms with Crippen molar-refractivity contribution in [3.8, 4) is 0 Å². The van der Waals surface area contributed by atoms with Gasteiger partial charge in [-0.3, -0.25) is 0 Å². The summed E-state index contributed by atoms with van der Waals surface area (Å²) in [5.74, 6) is 0. The molecule has 1 heteroatoms. The van der Waals surface area contributed by atoms with E-state index in [1.54, 1.807) is 0 Å². The first kappa shape index (κ1) is 7.62. The van der Waals surface area contributed by atoms with Gasteiger partial charge in [0.1, 0.15) is 0 Å². The molecule has 1 aromatic carbocycles. The third kappa shape index (κ3) is 1.74. The van der Waals surface area contributed by atoms with Crippen molar-refractivity contribution in [2.24, 2.45) is 0 Å². The van der Waals surface area contributed by atoms with Gasteiger partial charge in [0, 0.05) is 5.02 Å². The van der Waals surface area contributed by atoms with Gasteiger partial charge in [-0.05, 0) is 24.1 Å². The molecular formula is C9H10Cl. The predicted molar refractivity (Wildman–Crippen MR) is 44.3 cm³/mol. The van der Waals surface area contributed by atoms with Crippen molar-refractivity contribution in [3.63, 3.8) is 0 Å². The summed E-state index contributed by atoms with van der Waals surface area (Å²) in [6.07, 6.45) is 2.21. The van der Waals surface area contributed by atoms with Gasteiger partial charge in [-0.15, -0.1) is 0 Å². The van der Waals surface area contributed by atoms with Crippen molar-refractivity contribution in [1.82, 2.24) is 0 Å². The molecular weight excluding hydrogens is 144 g/mol. The molecule has 1 rings (SSSR count). The van der Waals surface area contributed by atoms with E-state index < -0.39 is 0 Å². The quantitative estimate of drug-likeness (QED) is 0.613. The largest absolute Gasteiger partial charge is 0.0840 e. The normalized spacial score (nSPS) is 9.80. The number of rotatable bonds is 2. The van der Waals surface area contributed by atoms with E-state index >= 15 is 0 Å². The van der Waals surface area contributed by atoms with Crippen LogP contribution in [0, 0.1) is 6.07 Å². The summed E-state index contributed by atoms with van der Waals surface area (Å²) in [6.45, 7) is 2.15. The molecule has 0 aliphatic carbocycles. The highest BCUT2D eigenvalue weighted by Gasteiger charge is 1.94. The maximum absolute atomic E-state index is 5.87. The van der Waals surface area contributed by atoms with Gasteiger partial charge in [0.25, 0.3) is 0 Å². The fraction of sp³-hybridized carbons (Fsp3) is 0.333. The second kappa shape index (κ2) is 3.62. The molecule has 0 fully saturated rings. The zero-order chi connectivity index (χ0) is 7.40. The Morgan fingerprint density at radius 3 is 3.00 bits per heavy atom. The van der Waals surface area contributed by atoms with Gasteiger partial charge in [0.15, 0.2) is 0 Å². The second-order valence-corrected chi connectivity index (χ2v) is 2.67. The lowest BCUT2D eigenvalue weighted by Gasteiger charge is -1.98. The number of hydrogen-bond donors (Lipinski definition) is 0. The maximum atomic E-state index is 5.87. The fourth-order valence-corrected chi connectivity index (χ4v) is 1.13. The minimum Gasteiger partial charge on any atom is -0.0840 e. The lowest BCUT2D eigenvalue weighted by Crippen LogP contribution is -1.82. The van der Waals surface area contributed by atoms with E-state index in [0.717, 1.165) is 17.9 Å². The molecule has 0 N–H and O–H groups in total. The summed E-state index contributed by atoms with van der Waals surface area (Å²) in [4.78, 5) is 0. The second-order valence-electron chi connectivity index (χ2n) is 2.27. The Morgan fingerprint density at radius 2 is 2.40 bits per heavy atom. The topological polar surface area (TPSA) is 0 Å². The molecule has 0 amide bonds. The van der Waals surface area contributed by atoms with E-state index in [1.807, 2.05) is 18.2 Å². The van der Waals surface area contributed by atoms with E-state index in [0.29, 0.717) is 0 Å². The first-order chi connectivity index (χ1) is 4.84. The van der Waals surface area contributed by atoms with Crippen LogP contribution in [0.1, 0.15) is 18.9 Å². The van der Waals surface area contributed by atoms with Gasteiger partial charge in [-0.25, -0.2) is 0 Å². The molecule has 0 nitrogen and oxygen atoms in total. The Balaban J connectivity index is 2.81. The number of benzene rings is 1. The molecule has 0 saturated carbocycles. The zero-order valence-electron chi connectivity index (χ0n) is 6.02. The molecule has 0 atom stereocenters. The number of aryl methyl sites for hydroxylation is 1. The Morgan fingerprint density at radius 1 is 1.60 bits per heavy atom. The summed E-state index contributed by atoms with van der Waals surface area (Å²) in [5.41, 5.74) is 1.22. The van der Waals surface area contributed by atoms with E-state index in [2.05, 4.69) is 13.0 Å². The van der Waals surface area contributed by atoms with Crippen molar-refractivity contribution in [1.29, 1.82) is 0 Å². The van der Waals surface area contributed by atoms with Gasteiger partial charge in [0.2, 0.25) is 0 Å². The fourth-order valence-electron chi connectivity index (χ4n) is 0.914. The molecule has 0 bridgehead atoms. The van der Waals surface area contributed by atoms with Crippen LogP contribution in [-0.4, -0.2) is 0 Å². The standard InChI is InChI=1S/C9H10Cl/c1-2-5-8-6-3-4-7-9(8)10/h3,6-7H,2,5H2,1H3. The van der Waals surface area contributed by atoms with Crippen LogP contribution in [0.4, 0.5) is 0 Å². The Hall–Kier alpha value is -0.490. The molecule has 0 spiro atoms. The van der Waals surface area contributed by atoms with Crippen LogP contribution in [0.3, 0.4) is 0 Å². The smallest absolute Gasteiger partial charge is 0.0444 e. The maximum Gasteiger partial charge on any atom is 0.0444 e. The van der Waals surface area contributed by atoms with Crippen LogP contribution < -0.4 is 0 Å². The van der Waals surface area contributed by atoms with Crippen molar-refractivity contribution < 1.29 is 0 Å². The highest BCUT2D eigenvalue weighted by Crippen LogP contribution is 2.15. The lowest BCUT2D eigenvalue weighted by molar-refractivity contribution is 0.922. The van der Waals surface area contributed by atoms with Gasteiger partial charge in [-0.2, -0.15) is 0 Å². The van der Waals surface area contributed by atoms with Gasteiger partial charge >= 0.3 is 0 Å². The summed E-state index contributed by atoms with van der Waals surface area (Å²) in [6, 6.07) is 8.66. The molecule has 1 aromatic rings. The molecule has 1 radical (unpaired) electrons. The van der Waals surface area contributed by atoms with Crippen molar-refractivity contribution in [3.05, 3.63) is 34.9 Å². The Bertz CT molecular complexity index is 206. The Labute approximate surface area is 66.8 Å². The SMILES string of the molecule is CCCc1cc[c]cc1Cl. The van der Waals surface area contributed by atoms with Crippen LogP contribution in [-0.2, 0) is 6.42 Å². The average Bonchev–Trinajstić information content (AvgIpc) is 1.94. The summed E-state index contributed by atoms with van der Waals surface area (Å²) < 4.78 is 0. The van der Waals surface area contributed by atoms with E-state index in [9.17, 15) is 0 Å². The van der Waals surface area contributed by atoms with E-state index in [-0.39, 0.29) is 0 Å². The predicted octanol–water partition coefficient (Wildman–Crippen LogP) is 3.09. The molecule has 10 heavy (non-hydrogen) atoms. The van der Waals surface area contributed by atoms with Gasteiger partial charge < -0.3 is 0 Å². The molecule has 53 valence electrons. The summed E-state index contributed by atoms with van der Waals surface area (Å²) >= 11 is 5.87. The summed E-state index contributed by atoms with van der Waals surface area (Å²) in [5, 5.41) is 0.837. The highest BCUT2D eigenvalue weighted by atomic mass is 35.5. The molecule has 0 aliphatic rings. The van der Waals surface area contributed by atoms with E-state index in [4.69, 9.17) is 11.6 Å². The van der Waals surface area contributed by atoms with Crippen molar-refractivity contribution >= 4 is 11.6 Å². The number of halogens is 1. The minimum atomic E-state index is 0.837. The van der Waals surface area contributed by atoms with Crippen LogP contribution in [0.2, 0.25) is 5.02 Å². The van der Waals surface area contributed by atoms with Crippen LogP contribution >= 0.6 is 11.6 Å². The van der Waals surface area contributed by atoms with E-state index in [1.165, 1.54) is 5.56 Å². The number of hydrogen-bond acceptors (Lipinski definition) is 0. The van der Waals surface area contributed by atoms with Crippen LogP contribution in [0.15, 0.2) is 18.2 Å². The minimum absolute atomic E-state index is 0.837. The molecule has 0 aliphatic heterocycles. The van der Waals surface area contributed by atoms with Crippen molar-refractivity contribution in [2.45, 2.75) is 19.8 Å². The third-order valence-corrected chi connectivity index (χ3v) is 1.77. The third-order valence-electron chi connectivity index (χ3n) is 1.42. The lowest BCUT2D eigenvalue weighted by atomic mass is 10.1. The Kier molecular flexibility index (Phi) is 2.76. The van der Waals surface area contributed by atoms with Crippen LogP contribution in [0.5, 0.6) is 0 Å². The van der Waals surface area contributed by atoms with Crippen LogP contribution in [0.25, 0.3) is 0 Å². The monoisotopic (exact) mass is 153 g/mol. The first-order valence-electron chi connectivity index (χ1n) is 3.49. The van der Waals surface area contributed by atoms with Gasteiger partial charge in [-0.1, -0.05) is 37.1 Å². The van der Waals surface area contributed by atoms with Crippen molar-refractivity contribution in [2.75, 3.05) is 0 Å². The molecule has 0 saturated heterocycles. The molecule has 0 aromatic heterocycles. The molecule has 0 unspecified atom stereocenters.